The minimum atomic E-state index is -0.183. The second-order valence-corrected chi connectivity index (χ2v) is 9.65. The monoisotopic (exact) mass is 588 g/mol. The Morgan fingerprint density at radius 2 is 1.17 bits per heavy atom. The van der Waals surface area contributed by atoms with E-state index in [-0.39, 0.29) is 11.8 Å². The Hall–Kier alpha value is -3.75. The van der Waals surface area contributed by atoms with E-state index in [9.17, 15) is 9.59 Å². The zero-order valence-electron chi connectivity index (χ0n) is 18.2. The van der Waals surface area contributed by atoms with Gasteiger partial charge in [0.1, 0.15) is 5.82 Å². The Morgan fingerprint density at radius 3 is 1.74 bits per heavy atom. The van der Waals surface area contributed by atoms with Gasteiger partial charge in [0.25, 0.3) is 11.8 Å². The number of H-pyrrole nitrogens is 1. The van der Waals surface area contributed by atoms with Gasteiger partial charge in [-0.3, -0.25) is 9.59 Å². The van der Waals surface area contributed by atoms with E-state index in [0.717, 1.165) is 25.5 Å². The van der Waals surface area contributed by atoms with E-state index >= 15 is 0 Å². The number of carbonyl (C=O) groups is 2. The highest BCUT2D eigenvalue weighted by Gasteiger charge is 2.10. The lowest BCUT2D eigenvalue weighted by atomic mass is 10.1. The average molecular weight is 590 g/mol. The maximum absolute atomic E-state index is 12.5. The van der Waals surface area contributed by atoms with Crippen molar-refractivity contribution in [3.8, 4) is 11.4 Å². The lowest BCUT2D eigenvalue weighted by Crippen LogP contribution is -2.11. The molecular weight excluding hydrogens is 572 g/mol. The third-order valence-corrected chi connectivity index (χ3v) is 6.43. The highest BCUT2D eigenvalue weighted by atomic mass is 79.9. The summed E-state index contributed by atoms with van der Waals surface area (Å²) < 4.78 is 1.84. The molecule has 35 heavy (non-hydrogen) atoms. The molecule has 3 N–H and O–H groups in total. The van der Waals surface area contributed by atoms with E-state index < -0.39 is 0 Å². The number of halogens is 2. The lowest BCUT2D eigenvalue weighted by Gasteiger charge is -2.06. The lowest BCUT2D eigenvalue weighted by molar-refractivity contribution is 0.101. The fourth-order valence-electron chi connectivity index (χ4n) is 3.54. The molecule has 0 spiro atoms. The van der Waals surface area contributed by atoms with Crippen molar-refractivity contribution < 1.29 is 9.59 Å². The molecule has 8 heteroatoms. The summed E-state index contributed by atoms with van der Waals surface area (Å²) in [6, 6.07) is 27.4. The van der Waals surface area contributed by atoms with Gasteiger partial charge in [-0.1, -0.05) is 31.9 Å². The number of aromatic amines is 1. The van der Waals surface area contributed by atoms with Gasteiger partial charge in [0, 0.05) is 37.0 Å². The molecule has 0 aliphatic carbocycles. The number of nitrogens with one attached hydrogen (secondary N) is 3. The van der Waals surface area contributed by atoms with E-state index in [2.05, 4.69) is 52.5 Å². The fraction of sp³-hybridized carbons (Fsp3) is 0. The second kappa shape index (κ2) is 9.85. The summed E-state index contributed by atoms with van der Waals surface area (Å²) >= 11 is 6.74. The molecule has 0 aliphatic rings. The number of rotatable bonds is 5. The summed E-state index contributed by atoms with van der Waals surface area (Å²) in [5.41, 5.74) is 4.99. The maximum Gasteiger partial charge on any atom is 0.255 e. The smallest absolute Gasteiger partial charge is 0.255 e. The van der Waals surface area contributed by atoms with Crippen molar-refractivity contribution in [1.82, 2.24) is 9.97 Å². The molecule has 5 rings (SSSR count). The Morgan fingerprint density at radius 1 is 0.657 bits per heavy atom. The summed E-state index contributed by atoms with van der Waals surface area (Å²) in [6.07, 6.45) is 0. The van der Waals surface area contributed by atoms with Crippen LogP contribution < -0.4 is 10.6 Å². The largest absolute Gasteiger partial charge is 0.338 e. The van der Waals surface area contributed by atoms with Crippen LogP contribution in [-0.2, 0) is 0 Å². The van der Waals surface area contributed by atoms with Gasteiger partial charge in [0.15, 0.2) is 0 Å². The summed E-state index contributed by atoms with van der Waals surface area (Å²) in [5.74, 6) is 0.339. The minimum absolute atomic E-state index is 0.174. The number of carbonyl (C=O) groups excluding carboxylic acids is 2. The van der Waals surface area contributed by atoms with Crippen LogP contribution in [0.5, 0.6) is 0 Å². The number of aromatic nitrogens is 2. The third-order valence-electron chi connectivity index (χ3n) is 5.37. The predicted octanol–water partition coefficient (Wildman–Crippen LogP) is 7.26. The van der Waals surface area contributed by atoms with Crippen molar-refractivity contribution in [3.63, 3.8) is 0 Å². The van der Waals surface area contributed by atoms with Gasteiger partial charge in [-0.15, -0.1) is 0 Å². The number of hydrogen-bond donors (Lipinski definition) is 3. The molecule has 1 aromatic heterocycles. The van der Waals surface area contributed by atoms with Gasteiger partial charge >= 0.3 is 0 Å². The van der Waals surface area contributed by atoms with E-state index in [4.69, 9.17) is 0 Å². The molecule has 172 valence electrons. The van der Waals surface area contributed by atoms with Crippen LogP contribution >= 0.6 is 31.9 Å². The van der Waals surface area contributed by atoms with E-state index in [1.165, 1.54) is 0 Å². The Balaban J connectivity index is 1.30. The first-order valence-corrected chi connectivity index (χ1v) is 12.3. The molecule has 4 aromatic carbocycles. The molecule has 0 saturated carbocycles. The average Bonchev–Trinajstić information content (AvgIpc) is 3.29. The third kappa shape index (κ3) is 5.34. The zero-order chi connectivity index (χ0) is 24.4. The van der Waals surface area contributed by atoms with Crippen molar-refractivity contribution in [2.75, 3.05) is 10.6 Å². The van der Waals surface area contributed by atoms with Gasteiger partial charge < -0.3 is 15.6 Å². The second-order valence-electron chi connectivity index (χ2n) is 7.82. The van der Waals surface area contributed by atoms with E-state index in [0.29, 0.717) is 28.3 Å². The predicted molar refractivity (Wildman–Crippen MR) is 146 cm³/mol. The van der Waals surface area contributed by atoms with Crippen molar-refractivity contribution in [1.29, 1.82) is 0 Å². The van der Waals surface area contributed by atoms with E-state index in [1.807, 2.05) is 66.7 Å². The molecule has 0 radical (unpaired) electrons. The number of hydrogen-bond acceptors (Lipinski definition) is 3. The number of imidazole rings is 1. The molecule has 2 amide bonds. The first kappa shape index (κ1) is 23.0. The van der Waals surface area contributed by atoms with Crippen LogP contribution in [0.1, 0.15) is 20.7 Å². The quantitative estimate of drug-likeness (QED) is 0.202. The van der Waals surface area contributed by atoms with Crippen LogP contribution in [0.2, 0.25) is 0 Å². The summed E-state index contributed by atoms with van der Waals surface area (Å²) in [5, 5.41) is 5.81. The molecule has 0 unspecified atom stereocenters. The number of nitrogens with zero attached hydrogens (tertiary/aromatic N) is 1. The SMILES string of the molecule is O=C(Nc1ccc(-c2nc3ccc(NC(=O)c4ccc(Br)cc4)cc3[nH]2)cc1)c1ccc(Br)cc1. The standard InChI is InChI=1S/C27H18Br2N4O2/c28-19-7-1-17(2-8-19)26(34)30-21-11-5-16(6-12-21)25-32-23-14-13-22(15-24(23)33-25)31-27(35)18-3-9-20(29)10-4-18/h1-15H,(H,30,34)(H,31,35)(H,32,33). The molecule has 5 aromatic rings. The zero-order valence-corrected chi connectivity index (χ0v) is 21.4. The molecule has 0 saturated heterocycles. The molecule has 0 atom stereocenters. The van der Waals surface area contributed by atoms with Gasteiger partial charge in [-0.05, 0) is 91.0 Å². The molecule has 0 aliphatic heterocycles. The van der Waals surface area contributed by atoms with Crippen molar-refractivity contribution in [3.05, 3.63) is 111 Å². The highest BCUT2D eigenvalue weighted by molar-refractivity contribution is 9.10. The van der Waals surface area contributed by atoms with Crippen LogP contribution in [0, 0.1) is 0 Å². The molecule has 6 nitrogen and oxygen atoms in total. The molecule has 1 heterocycles. The summed E-state index contributed by atoms with van der Waals surface area (Å²) in [7, 11) is 0. The minimum Gasteiger partial charge on any atom is -0.338 e. The number of anilines is 2. The highest BCUT2D eigenvalue weighted by Crippen LogP contribution is 2.25. The van der Waals surface area contributed by atoms with Crippen LogP contribution in [0.3, 0.4) is 0 Å². The van der Waals surface area contributed by atoms with Gasteiger partial charge in [0.05, 0.1) is 11.0 Å². The van der Waals surface area contributed by atoms with Gasteiger partial charge in [-0.2, -0.15) is 0 Å². The Kier molecular flexibility index (Phi) is 6.48. The number of fused-ring (bicyclic) bond motifs is 1. The van der Waals surface area contributed by atoms with E-state index in [1.54, 1.807) is 24.3 Å². The topological polar surface area (TPSA) is 86.9 Å². The number of benzene rings is 4. The van der Waals surface area contributed by atoms with Crippen LogP contribution in [0.4, 0.5) is 11.4 Å². The van der Waals surface area contributed by atoms with Crippen LogP contribution in [0.25, 0.3) is 22.4 Å². The first-order valence-electron chi connectivity index (χ1n) is 10.7. The van der Waals surface area contributed by atoms with Crippen LogP contribution in [0.15, 0.2) is 99.9 Å². The summed E-state index contributed by atoms with van der Waals surface area (Å²) in [4.78, 5) is 32.9. The molecule has 0 fully saturated rings. The van der Waals surface area contributed by atoms with Gasteiger partial charge in [-0.25, -0.2) is 4.98 Å². The normalized spacial score (nSPS) is 10.8. The van der Waals surface area contributed by atoms with Crippen molar-refractivity contribution >= 4 is 66.1 Å². The Labute approximate surface area is 218 Å². The number of amides is 2. The first-order chi connectivity index (χ1) is 16.9. The fourth-order valence-corrected chi connectivity index (χ4v) is 4.07. The Bertz CT molecular complexity index is 1530. The summed E-state index contributed by atoms with van der Waals surface area (Å²) in [6.45, 7) is 0. The van der Waals surface area contributed by atoms with Crippen LogP contribution in [-0.4, -0.2) is 21.8 Å². The molecular formula is C27H18Br2N4O2. The van der Waals surface area contributed by atoms with Crippen molar-refractivity contribution in [2.45, 2.75) is 0 Å². The van der Waals surface area contributed by atoms with Crippen molar-refractivity contribution in [2.24, 2.45) is 0 Å². The van der Waals surface area contributed by atoms with Gasteiger partial charge in [0.2, 0.25) is 0 Å². The maximum atomic E-state index is 12.5. The molecule has 0 bridgehead atoms.